The molecule has 3 aromatic carbocycles. The molecule has 7 heteroatoms. The zero-order chi connectivity index (χ0) is 22.2. The van der Waals surface area contributed by atoms with Gasteiger partial charge in [0.25, 0.3) is 11.8 Å². The van der Waals surface area contributed by atoms with E-state index in [0.717, 1.165) is 21.9 Å². The van der Waals surface area contributed by atoms with Gasteiger partial charge in [0.2, 0.25) is 5.91 Å². The number of fused-ring (bicyclic) bond motifs is 1. The molecule has 3 rings (SSSR count). The summed E-state index contributed by atoms with van der Waals surface area (Å²) in [6.07, 6.45) is 0.148. The number of carbonyl (C=O) groups excluding carboxylic acids is 3. The van der Waals surface area contributed by atoms with Gasteiger partial charge in [0.1, 0.15) is 11.8 Å². The van der Waals surface area contributed by atoms with Gasteiger partial charge in [-0.25, -0.2) is 0 Å². The summed E-state index contributed by atoms with van der Waals surface area (Å²) in [5.74, 6) is -0.761. The third-order valence-electron chi connectivity index (χ3n) is 4.69. The standard InChI is InChI=1S/C24H25N3O4/c1-16-7-5-11-20(13-16)31-15-23(29)26-27-24(30)17(2)25-22(28)14-19-10-6-9-18-8-3-4-12-21(18)19/h3-13,17H,14-15H2,1-2H3,(H,25,28)(H,26,29)(H,27,30)/t17-/m0/s1. The molecule has 0 heterocycles. The summed E-state index contributed by atoms with van der Waals surface area (Å²) in [5.41, 5.74) is 6.47. The molecule has 0 aliphatic rings. The monoisotopic (exact) mass is 419 g/mol. The van der Waals surface area contributed by atoms with Crippen LogP contribution in [0.1, 0.15) is 18.1 Å². The van der Waals surface area contributed by atoms with Crippen LogP contribution in [0.3, 0.4) is 0 Å². The normalized spacial score (nSPS) is 11.4. The van der Waals surface area contributed by atoms with E-state index in [2.05, 4.69) is 16.2 Å². The fourth-order valence-electron chi connectivity index (χ4n) is 3.11. The Kier molecular flexibility index (Phi) is 7.22. The van der Waals surface area contributed by atoms with Crippen LogP contribution < -0.4 is 20.9 Å². The number of rotatable bonds is 7. The Bertz CT molecular complexity index is 1090. The molecular formula is C24H25N3O4. The Balaban J connectivity index is 1.44. The Morgan fingerprint density at radius 3 is 2.45 bits per heavy atom. The third kappa shape index (κ3) is 6.30. The minimum absolute atomic E-state index is 0.148. The van der Waals surface area contributed by atoms with Gasteiger partial charge in [-0.05, 0) is 47.9 Å². The second kappa shape index (κ2) is 10.2. The van der Waals surface area contributed by atoms with Crippen molar-refractivity contribution in [2.75, 3.05) is 6.61 Å². The third-order valence-corrected chi connectivity index (χ3v) is 4.69. The van der Waals surface area contributed by atoms with Crippen LogP contribution >= 0.6 is 0 Å². The van der Waals surface area contributed by atoms with Crippen molar-refractivity contribution in [1.29, 1.82) is 0 Å². The molecule has 31 heavy (non-hydrogen) atoms. The molecule has 0 aliphatic carbocycles. The van der Waals surface area contributed by atoms with E-state index in [1.807, 2.05) is 61.5 Å². The van der Waals surface area contributed by atoms with E-state index < -0.39 is 17.9 Å². The Labute approximate surface area is 180 Å². The summed E-state index contributed by atoms with van der Waals surface area (Å²) in [5, 5.41) is 4.70. The van der Waals surface area contributed by atoms with Crippen molar-refractivity contribution in [1.82, 2.24) is 16.2 Å². The number of aryl methyl sites for hydroxylation is 1. The minimum atomic E-state index is -0.819. The molecule has 160 valence electrons. The van der Waals surface area contributed by atoms with Gasteiger partial charge in [0.15, 0.2) is 6.61 Å². The molecule has 3 N–H and O–H groups in total. The van der Waals surface area contributed by atoms with Crippen LogP contribution in [0, 0.1) is 6.92 Å². The second-order valence-corrected chi connectivity index (χ2v) is 7.25. The van der Waals surface area contributed by atoms with E-state index >= 15 is 0 Å². The summed E-state index contributed by atoms with van der Waals surface area (Å²) in [7, 11) is 0. The van der Waals surface area contributed by atoms with E-state index in [4.69, 9.17) is 4.74 Å². The molecule has 0 radical (unpaired) electrons. The summed E-state index contributed by atoms with van der Waals surface area (Å²) in [6.45, 7) is 3.22. The van der Waals surface area contributed by atoms with Crippen LogP contribution in [-0.4, -0.2) is 30.4 Å². The van der Waals surface area contributed by atoms with Crippen molar-refractivity contribution in [3.05, 3.63) is 77.9 Å². The van der Waals surface area contributed by atoms with Gasteiger partial charge in [-0.3, -0.25) is 25.2 Å². The number of carbonyl (C=O) groups is 3. The summed E-state index contributed by atoms with van der Waals surface area (Å²) < 4.78 is 5.37. The maximum absolute atomic E-state index is 12.4. The summed E-state index contributed by atoms with van der Waals surface area (Å²) >= 11 is 0. The van der Waals surface area contributed by atoms with E-state index in [1.54, 1.807) is 19.1 Å². The van der Waals surface area contributed by atoms with E-state index in [-0.39, 0.29) is 18.9 Å². The average Bonchev–Trinajstić information content (AvgIpc) is 2.76. The van der Waals surface area contributed by atoms with Gasteiger partial charge >= 0.3 is 0 Å². The van der Waals surface area contributed by atoms with E-state index in [1.165, 1.54) is 0 Å². The predicted octanol–water partition coefficient (Wildman–Crippen LogP) is 2.42. The Hall–Kier alpha value is -3.87. The van der Waals surface area contributed by atoms with Crippen molar-refractivity contribution in [3.8, 4) is 5.75 Å². The van der Waals surface area contributed by atoms with Crippen LogP contribution in [0.4, 0.5) is 0 Å². The number of hydrogen-bond acceptors (Lipinski definition) is 4. The van der Waals surface area contributed by atoms with Crippen molar-refractivity contribution in [2.24, 2.45) is 0 Å². The Morgan fingerprint density at radius 2 is 1.65 bits per heavy atom. The maximum atomic E-state index is 12.4. The van der Waals surface area contributed by atoms with Crippen LogP contribution in [-0.2, 0) is 20.8 Å². The molecule has 1 atom stereocenters. The molecule has 0 spiro atoms. The van der Waals surface area contributed by atoms with Crippen LogP contribution in [0.15, 0.2) is 66.7 Å². The summed E-state index contributed by atoms with van der Waals surface area (Å²) in [4.78, 5) is 36.5. The maximum Gasteiger partial charge on any atom is 0.276 e. The van der Waals surface area contributed by atoms with Gasteiger partial charge < -0.3 is 10.1 Å². The SMILES string of the molecule is Cc1cccc(OCC(=O)NNC(=O)[C@H](C)NC(=O)Cc2cccc3ccccc23)c1. The predicted molar refractivity (Wildman–Crippen MR) is 118 cm³/mol. The first-order valence-corrected chi connectivity index (χ1v) is 9.96. The lowest BCUT2D eigenvalue weighted by atomic mass is 10.0. The zero-order valence-corrected chi connectivity index (χ0v) is 17.5. The Morgan fingerprint density at radius 1 is 0.903 bits per heavy atom. The molecule has 3 amide bonds. The van der Waals surface area contributed by atoms with Crippen LogP contribution in [0.5, 0.6) is 5.75 Å². The lowest BCUT2D eigenvalue weighted by Gasteiger charge is -2.15. The number of hydrazine groups is 1. The van der Waals surface area contributed by atoms with Crippen molar-refractivity contribution in [3.63, 3.8) is 0 Å². The smallest absolute Gasteiger partial charge is 0.276 e. The lowest BCUT2D eigenvalue weighted by Crippen LogP contribution is -2.52. The van der Waals surface area contributed by atoms with Gasteiger partial charge in [0, 0.05) is 0 Å². The summed E-state index contributed by atoms with van der Waals surface area (Å²) in [6, 6.07) is 20.1. The number of amides is 3. The van der Waals surface area contributed by atoms with Crippen LogP contribution in [0.2, 0.25) is 0 Å². The van der Waals surface area contributed by atoms with Gasteiger partial charge in [-0.1, -0.05) is 54.6 Å². The van der Waals surface area contributed by atoms with Crippen molar-refractivity contribution < 1.29 is 19.1 Å². The van der Waals surface area contributed by atoms with E-state index in [9.17, 15) is 14.4 Å². The highest BCUT2D eigenvalue weighted by Gasteiger charge is 2.17. The topological polar surface area (TPSA) is 96.5 Å². The van der Waals surface area contributed by atoms with Crippen LogP contribution in [0.25, 0.3) is 10.8 Å². The molecule has 0 unspecified atom stereocenters. The van der Waals surface area contributed by atoms with Crippen molar-refractivity contribution >= 4 is 28.5 Å². The molecule has 0 saturated carbocycles. The van der Waals surface area contributed by atoms with Gasteiger partial charge in [-0.15, -0.1) is 0 Å². The van der Waals surface area contributed by atoms with Gasteiger partial charge in [-0.2, -0.15) is 0 Å². The highest BCUT2D eigenvalue weighted by atomic mass is 16.5. The number of hydrogen-bond donors (Lipinski definition) is 3. The van der Waals surface area contributed by atoms with Crippen molar-refractivity contribution in [2.45, 2.75) is 26.3 Å². The molecule has 0 fully saturated rings. The number of ether oxygens (including phenoxy) is 1. The molecular weight excluding hydrogens is 394 g/mol. The molecule has 0 saturated heterocycles. The minimum Gasteiger partial charge on any atom is -0.484 e. The molecule has 0 aromatic heterocycles. The first-order chi connectivity index (χ1) is 14.9. The second-order valence-electron chi connectivity index (χ2n) is 7.25. The molecule has 3 aromatic rings. The first-order valence-electron chi connectivity index (χ1n) is 9.96. The quantitative estimate of drug-likeness (QED) is 0.513. The lowest BCUT2D eigenvalue weighted by molar-refractivity contribution is -0.132. The number of nitrogens with one attached hydrogen (secondary N) is 3. The first kappa shape index (κ1) is 21.8. The van der Waals surface area contributed by atoms with Gasteiger partial charge in [0.05, 0.1) is 6.42 Å². The number of benzene rings is 3. The zero-order valence-electron chi connectivity index (χ0n) is 17.5. The highest BCUT2D eigenvalue weighted by Crippen LogP contribution is 2.18. The molecule has 7 nitrogen and oxygen atoms in total. The largest absolute Gasteiger partial charge is 0.484 e. The fourth-order valence-corrected chi connectivity index (χ4v) is 3.11. The van der Waals surface area contributed by atoms with E-state index in [0.29, 0.717) is 5.75 Å². The average molecular weight is 419 g/mol. The fraction of sp³-hybridized carbons (Fsp3) is 0.208. The molecule has 0 aliphatic heterocycles. The molecule has 0 bridgehead atoms. The highest BCUT2D eigenvalue weighted by molar-refractivity contribution is 5.93.